The minimum absolute atomic E-state index is 0.0204. The Kier molecular flexibility index (Phi) is 6.65. The van der Waals surface area contributed by atoms with Crippen molar-refractivity contribution in [1.29, 1.82) is 0 Å². The van der Waals surface area contributed by atoms with Crippen LogP contribution in [-0.4, -0.2) is 19.2 Å². The normalized spacial score (nSPS) is 12.2. The molecular formula is C21H25FN2O3. The third-order valence-corrected chi connectivity index (χ3v) is 4.56. The Bertz CT molecular complexity index is 765. The van der Waals surface area contributed by atoms with Crippen molar-refractivity contribution in [1.82, 2.24) is 0 Å². The first kappa shape index (κ1) is 19.2. The Morgan fingerprint density at radius 2 is 1.74 bits per heavy atom. The maximum absolute atomic E-state index is 13.3. The van der Waals surface area contributed by atoms with Crippen LogP contribution in [0.25, 0.3) is 0 Å². The second kappa shape index (κ2) is 9.37. The van der Waals surface area contributed by atoms with Gasteiger partial charge in [-0.15, -0.1) is 0 Å². The van der Waals surface area contributed by atoms with Crippen molar-refractivity contribution in [2.24, 2.45) is 5.73 Å². The Balaban J connectivity index is 1.71. The van der Waals surface area contributed by atoms with Crippen LogP contribution >= 0.6 is 0 Å². The Morgan fingerprint density at radius 1 is 1.00 bits per heavy atom. The maximum atomic E-state index is 13.3. The molecule has 0 spiro atoms. The van der Waals surface area contributed by atoms with E-state index < -0.39 is 0 Å². The van der Waals surface area contributed by atoms with Crippen molar-refractivity contribution in [2.75, 3.05) is 18.2 Å². The van der Waals surface area contributed by atoms with Crippen LogP contribution in [0.3, 0.4) is 0 Å². The first-order valence-corrected chi connectivity index (χ1v) is 9.32. The van der Waals surface area contributed by atoms with E-state index in [1.807, 2.05) is 18.2 Å². The molecule has 0 fully saturated rings. The summed E-state index contributed by atoms with van der Waals surface area (Å²) < 4.78 is 24.1. The van der Waals surface area contributed by atoms with Gasteiger partial charge in [-0.25, -0.2) is 4.39 Å². The lowest BCUT2D eigenvalue weighted by Gasteiger charge is -2.23. The first-order valence-electron chi connectivity index (χ1n) is 9.32. The van der Waals surface area contributed by atoms with Crippen molar-refractivity contribution in [3.8, 4) is 11.5 Å². The largest absolute Gasteiger partial charge is 0.454 e. The number of carbonyl (C=O) groups is 1. The van der Waals surface area contributed by atoms with E-state index in [4.69, 9.17) is 15.2 Å². The van der Waals surface area contributed by atoms with Crippen LogP contribution in [0, 0.1) is 5.82 Å². The second-order valence-electron chi connectivity index (χ2n) is 6.60. The number of anilines is 1. The fourth-order valence-corrected chi connectivity index (χ4v) is 3.08. The van der Waals surface area contributed by atoms with E-state index in [1.54, 1.807) is 17.0 Å². The molecule has 0 aliphatic carbocycles. The molecule has 144 valence electrons. The number of benzene rings is 2. The summed E-state index contributed by atoms with van der Waals surface area (Å²) >= 11 is 0. The highest BCUT2D eigenvalue weighted by Crippen LogP contribution is 2.33. The molecule has 2 aromatic rings. The molecule has 3 rings (SSSR count). The van der Waals surface area contributed by atoms with Crippen LogP contribution in [0.4, 0.5) is 10.1 Å². The molecule has 0 saturated carbocycles. The van der Waals surface area contributed by atoms with Crippen molar-refractivity contribution in [2.45, 2.75) is 38.6 Å². The molecule has 1 aliphatic rings. The quantitative estimate of drug-likeness (QED) is 0.676. The van der Waals surface area contributed by atoms with Crippen molar-refractivity contribution in [3.05, 3.63) is 53.8 Å². The number of unbranched alkanes of at least 4 members (excludes halogenated alkanes) is 3. The number of fused-ring (bicyclic) bond motifs is 1. The molecular weight excluding hydrogens is 347 g/mol. The highest BCUT2D eigenvalue weighted by Gasteiger charge is 2.19. The summed E-state index contributed by atoms with van der Waals surface area (Å²) in [5.41, 5.74) is 7.12. The molecule has 1 aliphatic heterocycles. The first-order chi connectivity index (χ1) is 13.2. The molecule has 5 nitrogen and oxygen atoms in total. The lowest BCUT2D eigenvalue weighted by atomic mass is 10.1. The minimum atomic E-state index is -0.323. The average molecular weight is 372 g/mol. The summed E-state index contributed by atoms with van der Waals surface area (Å²) in [5.74, 6) is 1.09. The molecule has 0 unspecified atom stereocenters. The summed E-state index contributed by atoms with van der Waals surface area (Å²) in [5, 5.41) is 0. The zero-order valence-electron chi connectivity index (χ0n) is 15.3. The summed E-state index contributed by atoms with van der Waals surface area (Å²) in [7, 11) is 0. The van der Waals surface area contributed by atoms with Gasteiger partial charge in [0.1, 0.15) is 5.82 Å². The Morgan fingerprint density at radius 3 is 2.52 bits per heavy atom. The van der Waals surface area contributed by atoms with Crippen LogP contribution in [0.15, 0.2) is 42.5 Å². The summed E-state index contributed by atoms with van der Waals surface area (Å²) in [6.07, 6.45) is 4.25. The molecule has 0 saturated heterocycles. The predicted octanol–water partition coefficient (Wildman–Crippen LogP) is 4.00. The van der Waals surface area contributed by atoms with E-state index in [0.717, 1.165) is 31.2 Å². The van der Waals surface area contributed by atoms with Gasteiger partial charge in [0, 0.05) is 12.1 Å². The number of carbonyl (C=O) groups excluding carboxylic acids is 1. The summed E-state index contributed by atoms with van der Waals surface area (Å²) in [6, 6.07) is 11.7. The molecule has 0 bridgehead atoms. The highest BCUT2D eigenvalue weighted by molar-refractivity contribution is 5.93. The molecule has 6 heteroatoms. The molecule has 1 amide bonds. The molecule has 2 aromatic carbocycles. The highest BCUT2D eigenvalue weighted by atomic mass is 19.1. The van der Waals surface area contributed by atoms with Gasteiger partial charge < -0.3 is 20.1 Å². The Labute approximate surface area is 158 Å². The monoisotopic (exact) mass is 372 g/mol. The number of ether oxygens (including phenoxy) is 2. The number of halogens is 1. The van der Waals surface area contributed by atoms with Gasteiger partial charge in [0.05, 0.1) is 6.54 Å². The van der Waals surface area contributed by atoms with Gasteiger partial charge in [-0.2, -0.15) is 0 Å². The molecule has 1 heterocycles. The number of amides is 1. The van der Waals surface area contributed by atoms with Crippen LogP contribution in [0.2, 0.25) is 0 Å². The Hall–Kier alpha value is -2.60. The molecule has 0 radical (unpaired) electrons. The van der Waals surface area contributed by atoms with E-state index in [0.29, 0.717) is 36.7 Å². The van der Waals surface area contributed by atoms with E-state index in [1.165, 1.54) is 12.1 Å². The summed E-state index contributed by atoms with van der Waals surface area (Å²) in [4.78, 5) is 14.5. The standard InChI is InChI=1S/C21H25FN2O3/c22-17-7-9-18(10-8-17)24(21(25)5-3-1-2-4-12-23)14-16-6-11-19-20(13-16)27-15-26-19/h6-11,13H,1-5,12,14-15,23H2. The van der Waals surface area contributed by atoms with E-state index >= 15 is 0 Å². The van der Waals surface area contributed by atoms with Gasteiger partial charge in [-0.3, -0.25) is 4.79 Å². The lowest BCUT2D eigenvalue weighted by molar-refractivity contribution is -0.118. The number of hydrogen-bond acceptors (Lipinski definition) is 4. The van der Waals surface area contributed by atoms with Crippen LogP contribution in [0.1, 0.15) is 37.7 Å². The van der Waals surface area contributed by atoms with Gasteiger partial charge in [0.25, 0.3) is 0 Å². The van der Waals surface area contributed by atoms with Crippen molar-refractivity contribution >= 4 is 11.6 Å². The zero-order chi connectivity index (χ0) is 19.1. The smallest absolute Gasteiger partial charge is 0.231 e. The third-order valence-electron chi connectivity index (χ3n) is 4.56. The van der Waals surface area contributed by atoms with Gasteiger partial charge in [0.15, 0.2) is 11.5 Å². The van der Waals surface area contributed by atoms with E-state index in [-0.39, 0.29) is 18.5 Å². The molecule has 27 heavy (non-hydrogen) atoms. The van der Waals surface area contributed by atoms with Gasteiger partial charge in [0.2, 0.25) is 12.7 Å². The molecule has 2 N–H and O–H groups in total. The molecule has 0 atom stereocenters. The second-order valence-corrected chi connectivity index (χ2v) is 6.60. The zero-order valence-corrected chi connectivity index (χ0v) is 15.3. The van der Waals surface area contributed by atoms with Crippen LogP contribution in [0.5, 0.6) is 11.5 Å². The average Bonchev–Trinajstić information content (AvgIpc) is 3.14. The number of hydrogen-bond donors (Lipinski definition) is 1. The van der Waals surface area contributed by atoms with Crippen molar-refractivity contribution < 1.29 is 18.7 Å². The summed E-state index contributed by atoms with van der Waals surface area (Å²) in [6.45, 7) is 1.28. The van der Waals surface area contributed by atoms with Crippen LogP contribution in [-0.2, 0) is 11.3 Å². The van der Waals surface area contributed by atoms with E-state index in [9.17, 15) is 9.18 Å². The number of nitrogens with zero attached hydrogens (tertiary/aromatic N) is 1. The van der Waals surface area contributed by atoms with Gasteiger partial charge >= 0.3 is 0 Å². The lowest BCUT2D eigenvalue weighted by Crippen LogP contribution is -2.30. The maximum Gasteiger partial charge on any atom is 0.231 e. The fraction of sp³-hybridized carbons (Fsp3) is 0.381. The SMILES string of the molecule is NCCCCCCC(=O)N(Cc1ccc2c(c1)OCO2)c1ccc(F)cc1. The van der Waals surface area contributed by atoms with Gasteiger partial charge in [-0.1, -0.05) is 18.9 Å². The van der Waals surface area contributed by atoms with Crippen molar-refractivity contribution in [3.63, 3.8) is 0 Å². The number of rotatable bonds is 9. The minimum Gasteiger partial charge on any atom is -0.454 e. The predicted molar refractivity (Wildman–Crippen MR) is 102 cm³/mol. The number of nitrogens with two attached hydrogens (primary N) is 1. The third kappa shape index (κ3) is 5.20. The van der Waals surface area contributed by atoms with E-state index in [2.05, 4.69) is 0 Å². The fourth-order valence-electron chi connectivity index (χ4n) is 3.08. The molecule has 0 aromatic heterocycles. The van der Waals surface area contributed by atoms with Crippen LogP contribution < -0.4 is 20.1 Å². The van der Waals surface area contributed by atoms with Gasteiger partial charge in [-0.05, 0) is 61.3 Å². The topological polar surface area (TPSA) is 64.8 Å².